The van der Waals surface area contributed by atoms with Gasteiger partial charge in [-0.15, -0.1) is 0 Å². The number of hydrogen-bond acceptors (Lipinski definition) is 2. The Bertz CT molecular complexity index is 308. The Hall–Kier alpha value is -1.38. The Morgan fingerprint density at radius 1 is 1.43 bits per heavy atom. The molecule has 1 aromatic rings. The van der Waals surface area contributed by atoms with Crippen LogP contribution in [0.1, 0.15) is 42.5 Å². The number of carbonyl (C=O) groups excluding carboxylic acids is 1. The van der Waals surface area contributed by atoms with E-state index in [2.05, 4.69) is 4.98 Å². The first-order valence-corrected chi connectivity index (χ1v) is 4.91. The molecule has 3 nitrogen and oxygen atoms in total. The summed E-state index contributed by atoms with van der Waals surface area (Å²) < 4.78 is 0. The number of aryl methyl sites for hydroxylation is 2. The lowest BCUT2D eigenvalue weighted by Crippen LogP contribution is -2.14. The molecule has 3 heteroatoms. The van der Waals surface area contributed by atoms with E-state index >= 15 is 0 Å². The van der Waals surface area contributed by atoms with Crippen molar-refractivity contribution in [3.05, 3.63) is 29.1 Å². The van der Waals surface area contributed by atoms with Gasteiger partial charge in [0.05, 0.1) is 0 Å². The minimum absolute atomic E-state index is 0.345. The third-order valence-electron chi connectivity index (χ3n) is 1.79. The molecule has 0 unspecified atom stereocenters. The van der Waals surface area contributed by atoms with E-state index in [9.17, 15) is 4.79 Å². The minimum atomic E-state index is -0.468. The Kier molecular flexibility index (Phi) is 5.53. The highest BCUT2D eigenvalue weighted by Crippen LogP contribution is 2.06. The molecule has 0 aliphatic rings. The van der Waals surface area contributed by atoms with Crippen molar-refractivity contribution in [1.82, 2.24) is 4.98 Å². The molecule has 1 rings (SSSR count). The molecule has 14 heavy (non-hydrogen) atoms. The molecular weight excluding hydrogens is 176 g/mol. The van der Waals surface area contributed by atoms with Gasteiger partial charge in [0.25, 0.3) is 5.91 Å². The predicted molar refractivity (Wildman–Crippen MR) is 58.2 cm³/mol. The van der Waals surface area contributed by atoms with Crippen LogP contribution in [0.3, 0.4) is 0 Å². The van der Waals surface area contributed by atoms with Crippen molar-refractivity contribution >= 4 is 5.91 Å². The molecule has 0 saturated heterocycles. The zero-order valence-corrected chi connectivity index (χ0v) is 9.29. The van der Waals surface area contributed by atoms with E-state index < -0.39 is 5.91 Å². The fourth-order valence-electron chi connectivity index (χ4n) is 1.07. The van der Waals surface area contributed by atoms with Gasteiger partial charge in [-0.3, -0.25) is 4.79 Å². The molecule has 1 amide bonds. The van der Waals surface area contributed by atoms with Gasteiger partial charge in [-0.2, -0.15) is 0 Å². The number of amides is 1. The quantitative estimate of drug-likeness (QED) is 0.783. The third-order valence-corrected chi connectivity index (χ3v) is 1.79. The molecule has 0 atom stereocenters. The summed E-state index contributed by atoms with van der Waals surface area (Å²) in [5.41, 5.74) is 7.47. The van der Waals surface area contributed by atoms with Crippen LogP contribution < -0.4 is 5.73 Å². The Balaban J connectivity index is 0.000000791. The summed E-state index contributed by atoms with van der Waals surface area (Å²) in [6.45, 7) is 7.97. The number of nitrogens with zero attached hydrogens (tertiary/aromatic N) is 1. The highest BCUT2D eigenvalue weighted by molar-refractivity contribution is 5.90. The maximum absolute atomic E-state index is 10.7. The summed E-state index contributed by atoms with van der Waals surface area (Å²) >= 11 is 0. The molecule has 0 saturated carbocycles. The van der Waals surface area contributed by atoms with Crippen LogP contribution in [0.4, 0.5) is 0 Å². The average Bonchev–Trinajstić information content (AvgIpc) is 2.21. The molecule has 2 N–H and O–H groups in total. The predicted octanol–water partition coefficient (Wildman–Crippen LogP) is 2.08. The fraction of sp³-hybridized carbons (Fsp3) is 0.455. The van der Waals surface area contributed by atoms with Gasteiger partial charge in [-0.05, 0) is 25.0 Å². The SMILES string of the molecule is CC.CCc1nc(C(N)=O)ccc1C. The molecule has 1 aromatic heterocycles. The summed E-state index contributed by atoms with van der Waals surface area (Å²) in [5.74, 6) is -0.468. The van der Waals surface area contributed by atoms with Crippen LogP contribution in [-0.4, -0.2) is 10.9 Å². The molecule has 0 aliphatic heterocycles. The Morgan fingerprint density at radius 2 is 2.00 bits per heavy atom. The van der Waals surface area contributed by atoms with Gasteiger partial charge in [0, 0.05) is 5.69 Å². The van der Waals surface area contributed by atoms with Crippen molar-refractivity contribution in [2.24, 2.45) is 5.73 Å². The molecule has 0 fully saturated rings. The smallest absolute Gasteiger partial charge is 0.267 e. The second-order valence-corrected chi connectivity index (χ2v) is 2.68. The lowest BCUT2D eigenvalue weighted by Gasteiger charge is -2.02. The van der Waals surface area contributed by atoms with Gasteiger partial charge < -0.3 is 5.73 Å². The summed E-state index contributed by atoms with van der Waals surface area (Å²) in [5, 5.41) is 0. The Labute approximate surface area is 85.3 Å². The fourth-order valence-corrected chi connectivity index (χ4v) is 1.07. The van der Waals surface area contributed by atoms with Crippen molar-refractivity contribution < 1.29 is 4.79 Å². The van der Waals surface area contributed by atoms with Crippen LogP contribution >= 0.6 is 0 Å². The van der Waals surface area contributed by atoms with Crippen LogP contribution in [0.25, 0.3) is 0 Å². The first kappa shape index (κ1) is 12.6. The molecule has 0 bridgehead atoms. The van der Waals surface area contributed by atoms with Gasteiger partial charge >= 0.3 is 0 Å². The van der Waals surface area contributed by atoms with E-state index in [4.69, 9.17) is 5.73 Å². The molecule has 1 heterocycles. The van der Waals surface area contributed by atoms with E-state index in [0.717, 1.165) is 17.7 Å². The number of nitrogens with two attached hydrogens (primary N) is 1. The molecule has 0 aliphatic carbocycles. The number of carbonyl (C=O) groups is 1. The average molecular weight is 194 g/mol. The van der Waals surface area contributed by atoms with Crippen molar-refractivity contribution in [3.63, 3.8) is 0 Å². The number of hydrogen-bond donors (Lipinski definition) is 1. The summed E-state index contributed by atoms with van der Waals surface area (Å²) in [4.78, 5) is 14.9. The third kappa shape index (κ3) is 3.17. The van der Waals surface area contributed by atoms with E-state index in [1.165, 1.54) is 0 Å². The zero-order valence-electron chi connectivity index (χ0n) is 9.29. The molecule has 0 aromatic carbocycles. The van der Waals surface area contributed by atoms with Crippen LogP contribution in [0.2, 0.25) is 0 Å². The largest absolute Gasteiger partial charge is 0.364 e. The number of aromatic nitrogens is 1. The van der Waals surface area contributed by atoms with Crippen LogP contribution in [0.5, 0.6) is 0 Å². The zero-order chi connectivity index (χ0) is 11.1. The van der Waals surface area contributed by atoms with Crippen LogP contribution in [0, 0.1) is 6.92 Å². The lowest BCUT2D eigenvalue weighted by molar-refractivity contribution is 0.0995. The second kappa shape index (κ2) is 6.13. The van der Waals surface area contributed by atoms with E-state index in [1.54, 1.807) is 6.07 Å². The molecule has 0 radical (unpaired) electrons. The van der Waals surface area contributed by atoms with E-state index in [1.807, 2.05) is 33.8 Å². The summed E-state index contributed by atoms with van der Waals surface area (Å²) in [6, 6.07) is 3.52. The normalized spacial score (nSPS) is 8.86. The summed E-state index contributed by atoms with van der Waals surface area (Å²) in [7, 11) is 0. The molecule has 0 spiro atoms. The van der Waals surface area contributed by atoms with E-state index in [-0.39, 0.29) is 0 Å². The van der Waals surface area contributed by atoms with Gasteiger partial charge in [-0.25, -0.2) is 4.98 Å². The minimum Gasteiger partial charge on any atom is -0.364 e. The van der Waals surface area contributed by atoms with Crippen LogP contribution in [0.15, 0.2) is 12.1 Å². The second-order valence-electron chi connectivity index (χ2n) is 2.68. The lowest BCUT2D eigenvalue weighted by atomic mass is 10.1. The highest BCUT2D eigenvalue weighted by Gasteiger charge is 2.04. The Morgan fingerprint density at radius 3 is 2.43 bits per heavy atom. The van der Waals surface area contributed by atoms with Gasteiger partial charge in [0.1, 0.15) is 5.69 Å². The van der Waals surface area contributed by atoms with Crippen molar-refractivity contribution in [2.75, 3.05) is 0 Å². The highest BCUT2D eigenvalue weighted by atomic mass is 16.1. The van der Waals surface area contributed by atoms with Gasteiger partial charge in [0.15, 0.2) is 0 Å². The van der Waals surface area contributed by atoms with Crippen molar-refractivity contribution in [3.8, 4) is 0 Å². The monoisotopic (exact) mass is 194 g/mol. The van der Waals surface area contributed by atoms with Gasteiger partial charge in [-0.1, -0.05) is 26.8 Å². The molecule has 78 valence electrons. The maximum atomic E-state index is 10.7. The maximum Gasteiger partial charge on any atom is 0.267 e. The number of rotatable bonds is 2. The molecular formula is C11H18N2O. The van der Waals surface area contributed by atoms with Gasteiger partial charge in [0.2, 0.25) is 0 Å². The van der Waals surface area contributed by atoms with E-state index in [0.29, 0.717) is 5.69 Å². The number of primary amides is 1. The summed E-state index contributed by atoms with van der Waals surface area (Å²) in [6.07, 6.45) is 0.826. The van der Waals surface area contributed by atoms with Crippen molar-refractivity contribution in [2.45, 2.75) is 34.1 Å². The standard InChI is InChI=1S/C9H12N2O.C2H6/c1-3-7-6(2)4-5-8(11-7)9(10)12;1-2/h4-5H,3H2,1-2H3,(H2,10,12);1-2H3. The van der Waals surface area contributed by atoms with Crippen molar-refractivity contribution in [1.29, 1.82) is 0 Å². The topological polar surface area (TPSA) is 56.0 Å². The van der Waals surface area contributed by atoms with Crippen LogP contribution in [-0.2, 0) is 6.42 Å². The first-order valence-electron chi connectivity index (χ1n) is 4.91. The first-order chi connectivity index (χ1) is 6.65. The number of pyridine rings is 1.